The van der Waals surface area contributed by atoms with Gasteiger partial charge in [0.2, 0.25) is 0 Å². The number of rotatable bonds is 6. The lowest BCUT2D eigenvalue weighted by Crippen LogP contribution is -2.04. The lowest BCUT2D eigenvalue weighted by molar-refractivity contribution is 0.104. The predicted molar refractivity (Wildman–Crippen MR) is 70.0 cm³/mol. The van der Waals surface area contributed by atoms with Crippen LogP contribution >= 0.6 is 0 Å². The summed E-state index contributed by atoms with van der Waals surface area (Å²) in [4.78, 5) is 34.6. The number of benzene rings is 1. The van der Waals surface area contributed by atoms with E-state index in [0.717, 1.165) is 18.2 Å². The second kappa shape index (κ2) is 5.68. The van der Waals surface area contributed by atoms with Crippen LogP contribution in [-0.4, -0.2) is 17.3 Å². The summed E-state index contributed by atoms with van der Waals surface area (Å²) in [6.45, 7) is 10.1. The molecule has 0 unspecified atom stereocenters. The number of hydrogen-bond donors (Lipinski definition) is 0. The van der Waals surface area contributed by atoms with Crippen molar-refractivity contribution in [2.45, 2.75) is 0 Å². The Morgan fingerprint density at radius 1 is 0.667 bits per heavy atom. The predicted octanol–water partition coefficient (Wildman–Crippen LogP) is 2.79. The Kier molecular flexibility index (Phi) is 4.27. The van der Waals surface area contributed by atoms with Crippen molar-refractivity contribution in [3.8, 4) is 0 Å². The average Bonchev–Trinajstić information content (AvgIpc) is 2.43. The minimum absolute atomic E-state index is 0.239. The maximum absolute atomic E-state index is 11.5. The summed E-state index contributed by atoms with van der Waals surface area (Å²) in [7, 11) is 0. The quantitative estimate of drug-likeness (QED) is 0.567. The molecule has 0 spiro atoms. The molecular weight excluding hydrogens is 228 g/mol. The molecule has 1 rings (SSSR count). The van der Waals surface area contributed by atoms with Gasteiger partial charge in [-0.05, 0) is 36.4 Å². The highest BCUT2D eigenvalue weighted by atomic mass is 16.1. The van der Waals surface area contributed by atoms with Gasteiger partial charge in [-0.3, -0.25) is 14.4 Å². The van der Waals surface area contributed by atoms with Crippen LogP contribution in [0.3, 0.4) is 0 Å². The molecule has 0 bridgehead atoms. The van der Waals surface area contributed by atoms with Crippen LogP contribution in [0, 0.1) is 0 Å². The Bertz CT molecular complexity index is 472. The molecule has 0 aliphatic heterocycles. The first-order valence-corrected chi connectivity index (χ1v) is 5.19. The van der Waals surface area contributed by atoms with Gasteiger partial charge in [0.25, 0.3) is 0 Å². The molecule has 0 saturated carbocycles. The monoisotopic (exact) mass is 240 g/mol. The minimum atomic E-state index is -0.355. The molecule has 0 atom stereocenters. The Morgan fingerprint density at radius 3 is 1.06 bits per heavy atom. The van der Waals surface area contributed by atoms with Crippen molar-refractivity contribution in [3.05, 3.63) is 72.9 Å². The molecule has 0 N–H and O–H groups in total. The van der Waals surface area contributed by atoms with Gasteiger partial charge in [0.15, 0.2) is 17.3 Å². The molecule has 0 aromatic heterocycles. The Morgan fingerprint density at radius 2 is 0.889 bits per heavy atom. The molecular formula is C15H12O3. The third-order valence-electron chi connectivity index (χ3n) is 2.34. The topological polar surface area (TPSA) is 51.2 Å². The highest BCUT2D eigenvalue weighted by Crippen LogP contribution is 2.14. The van der Waals surface area contributed by atoms with Crippen molar-refractivity contribution in [2.24, 2.45) is 0 Å². The van der Waals surface area contributed by atoms with Gasteiger partial charge >= 0.3 is 0 Å². The Hall–Kier alpha value is -2.55. The lowest BCUT2D eigenvalue weighted by Gasteiger charge is -2.04. The summed E-state index contributed by atoms with van der Waals surface area (Å²) in [6, 6.07) is 4.23. The van der Waals surface area contributed by atoms with Crippen molar-refractivity contribution in [3.63, 3.8) is 0 Å². The molecule has 3 nitrogen and oxygen atoms in total. The van der Waals surface area contributed by atoms with Crippen LogP contribution in [0.2, 0.25) is 0 Å². The maximum Gasteiger partial charge on any atom is 0.185 e. The normalized spacial score (nSPS) is 9.33. The number of hydrogen-bond acceptors (Lipinski definition) is 3. The zero-order chi connectivity index (χ0) is 13.7. The third-order valence-corrected chi connectivity index (χ3v) is 2.34. The number of carbonyl (C=O) groups is 3. The first kappa shape index (κ1) is 13.5. The van der Waals surface area contributed by atoms with Crippen molar-refractivity contribution in [1.82, 2.24) is 0 Å². The van der Waals surface area contributed by atoms with Crippen molar-refractivity contribution >= 4 is 17.3 Å². The van der Waals surface area contributed by atoms with E-state index in [2.05, 4.69) is 19.7 Å². The number of ketones is 3. The molecule has 3 heteroatoms. The van der Waals surface area contributed by atoms with E-state index in [1.165, 1.54) is 18.2 Å². The van der Waals surface area contributed by atoms with Gasteiger partial charge in [-0.1, -0.05) is 19.7 Å². The number of allylic oxidation sites excluding steroid dienone is 3. The van der Waals surface area contributed by atoms with Crippen LogP contribution < -0.4 is 0 Å². The van der Waals surface area contributed by atoms with Crippen LogP contribution in [0.1, 0.15) is 31.1 Å². The third kappa shape index (κ3) is 2.77. The van der Waals surface area contributed by atoms with E-state index in [-0.39, 0.29) is 34.0 Å². The summed E-state index contributed by atoms with van der Waals surface area (Å²) in [5.41, 5.74) is 0.716. The fourth-order valence-electron chi connectivity index (χ4n) is 1.41. The van der Waals surface area contributed by atoms with Gasteiger partial charge in [-0.25, -0.2) is 0 Å². The summed E-state index contributed by atoms with van der Waals surface area (Å²) < 4.78 is 0. The minimum Gasteiger partial charge on any atom is -0.289 e. The molecule has 0 fully saturated rings. The molecule has 90 valence electrons. The van der Waals surface area contributed by atoms with Crippen LogP contribution in [0.5, 0.6) is 0 Å². The molecule has 0 aliphatic carbocycles. The molecule has 1 aromatic carbocycles. The first-order valence-electron chi connectivity index (χ1n) is 5.19. The van der Waals surface area contributed by atoms with Crippen LogP contribution in [0.25, 0.3) is 0 Å². The van der Waals surface area contributed by atoms with Crippen molar-refractivity contribution < 1.29 is 14.4 Å². The van der Waals surface area contributed by atoms with Crippen molar-refractivity contribution in [2.75, 3.05) is 0 Å². The van der Waals surface area contributed by atoms with Crippen molar-refractivity contribution in [1.29, 1.82) is 0 Å². The second-order valence-corrected chi connectivity index (χ2v) is 3.50. The molecule has 18 heavy (non-hydrogen) atoms. The standard InChI is InChI=1S/C15H12O3/c1-4-13(16)10-7-11(14(17)5-2)9-12(8-10)15(18)6-3/h4-9H,1-3H2. The summed E-state index contributed by atoms with van der Waals surface area (Å²) in [6.07, 6.45) is 3.37. The smallest absolute Gasteiger partial charge is 0.185 e. The first-order chi connectivity index (χ1) is 8.53. The SMILES string of the molecule is C=CC(=O)c1cc(C(=O)C=C)cc(C(=O)C=C)c1. The zero-order valence-electron chi connectivity index (χ0n) is 9.81. The van der Waals surface area contributed by atoms with E-state index < -0.39 is 0 Å². The largest absolute Gasteiger partial charge is 0.289 e. The van der Waals surface area contributed by atoms with E-state index in [4.69, 9.17) is 0 Å². The van der Waals surface area contributed by atoms with Gasteiger partial charge in [0.1, 0.15) is 0 Å². The van der Waals surface area contributed by atoms with Gasteiger partial charge in [-0.2, -0.15) is 0 Å². The highest BCUT2D eigenvalue weighted by molar-refractivity contribution is 6.12. The molecule has 0 heterocycles. The highest BCUT2D eigenvalue weighted by Gasteiger charge is 2.12. The summed E-state index contributed by atoms with van der Waals surface area (Å²) >= 11 is 0. The average molecular weight is 240 g/mol. The maximum atomic E-state index is 11.5. The Labute approximate surface area is 105 Å². The van der Waals surface area contributed by atoms with Gasteiger partial charge in [-0.15, -0.1) is 0 Å². The van der Waals surface area contributed by atoms with E-state index in [9.17, 15) is 14.4 Å². The number of carbonyl (C=O) groups excluding carboxylic acids is 3. The summed E-state index contributed by atoms with van der Waals surface area (Å²) in [5.74, 6) is -1.06. The lowest BCUT2D eigenvalue weighted by atomic mass is 9.98. The van der Waals surface area contributed by atoms with E-state index in [1.807, 2.05) is 0 Å². The zero-order valence-corrected chi connectivity index (χ0v) is 9.81. The Balaban J connectivity index is 3.46. The second-order valence-electron chi connectivity index (χ2n) is 3.50. The summed E-state index contributed by atoms with van der Waals surface area (Å²) in [5, 5.41) is 0. The van der Waals surface area contributed by atoms with Crippen LogP contribution in [0.15, 0.2) is 56.2 Å². The van der Waals surface area contributed by atoms with Crippen LogP contribution in [0.4, 0.5) is 0 Å². The van der Waals surface area contributed by atoms with Gasteiger partial charge < -0.3 is 0 Å². The van der Waals surface area contributed by atoms with E-state index in [1.54, 1.807) is 0 Å². The van der Waals surface area contributed by atoms with Crippen LogP contribution in [-0.2, 0) is 0 Å². The van der Waals surface area contributed by atoms with Gasteiger partial charge in [0, 0.05) is 16.7 Å². The van der Waals surface area contributed by atoms with E-state index in [0.29, 0.717) is 0 Å². The molecule has 0 amide bonds. The van der Waals surface area contributed by atoms with E-state index >= 15 is 0 Å². The molecule has 1 aromatic rings. The molecule has 0 aliphatic rings. The molecule has 0 radical (unpaired) electrons. The van der Waals surface area contributed by atoms with Gasteiger partial charge in [0.05, 0.1) is 0 Å². The fraction of sp³-hybridized carbons (Fsp3) is 0. The molecule has 0 saturated heterocycles. The fourth-order valence-corrected chi connectivity index (χ4v) is 1.41.